The van der Waals surface area contributed by atoms with Gasteiger partial charge in [-0.1, -0.05) is 24.7 Å². The van der Waals surface area contributed by atoms with Crippen molar-refractivity contribution in [1.29, 1.82) is 0 Å². The first-order valence-electron chi connectivity index (χ1n) is 5.23. The molecule has 2 nitrogen and oxygen atoms in total. The number of benzene rings is 1. The van der Waals surface area contributed by atoms with E-state index in [1.54, 1.807) is 0 Å². The van der Waals surface area contributed by atoms with E-state index >= 15 is 0 Å². The summed E-state index contributed by atoms with van der Waals surface area (Å²) in [6.45, 7) is 7.28. The Morgan fingerprint density at radius 1 is 1.33 bits per heavy atom. The van der Waals surface area contributed by atoms with Gasteiger partial charge in [-0.15, -0.1) is 0 Å². The average Bonchev–Trinajstić information content (AvgIpc) is 2.23. The summed E-state index contributed by atoms with van der Waals surface area (Å²) in [5, 5.41) is 0. The minimum atomic E-state index is 0.348. The van der Waals surface area contributed by atoms with Gasteiger partial charge < -0.3 is 9.47 Å². The molecule has 0 saturated heterocycles. The molecule has 0 unspecified atom stereocenters. The standard InChI is InChI=1S/C12H18O2Si/c1-4-13-9-14-12-10(2)6-5-7-11(12)8-15-3/h5-7H,4,8-9H2,1-3H3. The Kier molecular flexibility index (Phi) is 5.43. The molecule has 1 rings (SSSR count). The highest BCUT2D eigenvalue weighted by molar-refractivity contribution is 6.33. The van der Waals surface area contributed by atoms with Crippen molar-refractivity contribution in [2.45, 2.75) is 26.4 Å². The van der Waals surface area contributed by atoms with Crippen molar-refractivity contribution >= 4 is 9.52 Å². The van der Waals surface area contributed by atoms with Crippen molar-refractivity contribution in [2.24, 2.45) is 0 Å². The van der Waals surface area contributed by atoms with Gasteiger partial charge in [0.05, 0.1) is 0 Å². The highest BCUT2D eigenvalue weighted by atomic mass is 28.2. The van der Waals surface area contributed by atoms with Crippen LogP contribution in [0.25, 0.3) is 0 Å². The fraction of sp³-hybridized carbons (Fsp3) is 0.500. The molecule has 0 heterocycles. The van der Waals surface area contributed by atoms with E-state index in [9.17, 15) is 0 Å². The molecule has 0 saturated carbocycles. The van der Waals surface area contributed by atoms with Crippen molar-refractivity contribution in [3.05, 3.63) is 29.3 Å². The maximum absolute atomic E-state index is 5.64. The molecule has 0 N–H and O–H groups in total. The average molecular weight is 222 g/mol. The predicted molar refractivity (Wildman–Crippen MR) is 63.6 cm³/mol. The third-order valence-corrected chi connectivity index (χ3v) is 2.89. The number of para-hydroxylation sites is 1. The molecule has 0 bridgehead atoms. The minimum Gasteiger partial charge on any atom is -0.467 e. The number of hydrogen-bond acceptors (Lipinski definition) is 2. The van der Waals surface area contributed by atoms with Gasteiger partial charge in [0.2, 0.25) is 0 Å². The van der Waals surface area contributed by atoms with Crippen molar-refractivity contribution in [1.82, 2.24) is 0 Å². The van der Waals surface area contributed by atoms with Gasteiger partial charge in [0, 0.05) is 16.1 Å². The van der Waals surface area contributed by atoms with Gasteiger partial charge in [0.1, 0.15) is 5.75 Å². The maximum Gasteiger partial charge on any atom is 0.189 e. The van der Waals surface area contributed by atoms with Crippen LogP contribution in [0.4, 0.5) is 0 Å². The molecule has 0 aliphatic carbocycles. The summed E-state index contributed by atoms with van der Waals surface area (Å²) >= 11 is 0. The van der Waals surface area contributed by atoms with Gasteiger partial charge in [0.15, 0.2) is 6.79 Å². The topological polar surface area (TPSA) is 18.5 Å². The normalized spacial score (nSPS) is 10.3. The number of aryl methyl sites for hydroxylation is 1. The molecule has 1 aromatic rings. The summed E-state index contributed by atoms with van der Waals surface area (Å²) in [4.78, 5) is 0. The molecule has 0 fully saturated rings. The van der Waals surface area contributed by atoms with E-state index in [0.29, 0.717) is 13.4 Å². The van der Waals surface area contributed by atoms with E-state index in [4.69, 9.17) is 9.47 Å². The SMILES string of the molecule is CCOCOc1c(C)cccc1C[Si]C. The molecule has 0 spiro atoms. The van der Waals surface area contributed by atoms with Crippen molar-refractivity contribution in [2.75, 3.05) is 13.4 Å². The Morgan fingerprint density at radius 3 is 2.80 bits per heavy atom. The molecule has 15 heavy (non-hydrogen) atoms. The van der Waals surface area contributed by atoms with Crippen LogP contribution in [0.2, 0.25) is 6.55 Å². The van der Waals surface area contributed by atoms with Crippen molar-refractivity contribution in [3.8, 4) is 5.75 Å². The Bertz CT molecular complexity index is 300. The van der Waals surface area contributed by atoms with E-state index in [1.165, 1.54) is 11.1 Å². The first kappa shape index (κ1) is 12.3. The fourth-order valence-corrected chi connectivity index (χ4v) is 2.09. The zero-order valence-electron chi connectivity index (χ0n) is 9.67. The Morgan fingerprint density at radius 2 is 2.13 bits per heavy atom. The molecule has 82 valence electrons. The third-order valence-electron chi connectivity index (χ3n) is 2.15. The molecule has 0 aliphatic rings. The minimum absolute atomic E-state index is 0.348. The van der Waals surface area contributed by atoms with Crippen LogP contribution in [0, 0.1) is 6.92 Å². The molecule has 3 heteroatoms. The van der Waals surface area contributed by atoms with E-state index in [2.05, 4.69) is 31.7 Å². The lowest BCUT2D eigenvalue weighted by molar-refractivity contribution is 0.0215. The van der Waals surface area contributed by atoms with Crippen LogP contribution in [-0.2, 0) is 10.8 Å². The fourth-order valence-electron chi connectivity index (χ4n) is 1.43. The monoisotopic (exact) mass is 222 g/mol. The van der Waals surface area contributed by atoms with Crippen LogP contribution in [0.15, 0.2) is 18.2 Å². The van der Waals surface area contributed by atoms with Crippen molar-refractivity contribution in [3.63, 3.8) is 0 Å². The van der Waals surface area contributed by atoms with Gasteiger partial charge >= 0.3 is 0 Å². The summed E-state index contributed by atoms with van der Waals surface area (Å²) < 4.78 is 10.8. The maximum atomic E-state index is 5.64. The van der Waals surface area contributed by atoms with Crippen LogP contribution in [0.5, 0.6) is 5.75 Å². The van der Waals surface area contributed by atoms with Gasteiger partial charge in [-0.05, 0) is 31.0 Å². The highest BCUT2D eigenvalue weighted by Crippen LogP contribution is 2.23. The molecule has 2 radical (unpaired) electrons. The first-order chi connectivity index (χ1) is 7.29. The van der Waals surface area contributed by atoms with Gasteiger partial charge in [-0.25, -0.2) is 0 Å². The summed E-state index contributed by atoms with van der Waals surface area (Å²) in [6, 6.07) is 7.37. The molecular formula is C12H18O2Si. The zero-order valence-corrected chi connectivity index (χ0v) is 10.7. The Labute approximate surface area is 94.4 Å². The largest absolute Gasteiger partial charge is 0.467 e. The summed E-state index contributed by atoms with van der Waals surface area (Å²) in [7, 11) is 0.913. The number of rotatable bonds is 6. The molecule has 0 aromatic heterocycles. The van der Waals surface area contributed by atoms with Crippen LogP contribution in [-0.4, -0.2) is 22.9 Å². The van der Waals surface area contributed by atoms with E-state index in [1.807, 2.05) is 6.92 Å². The van der Waals surface area contributed by atoms with Gasteiger partial charge in [-0.2, -0.15) is 0 Å². The summed E-state index contributed by atoms with van der Waals surface area (Å²) in [5.74, 6) is 1.00. The molecule has 1 aromatic carbocycles. The lowest BCUT2D eigenvalue weighted by atomic mass is 10.1. The first-order valence-corrected chi connectivity index (χ1v) is 6.94. The quantitative estimate of drug-likeness (QED) is 0.418. The molecule has 0 atom stereocenters. The van der Waals surface area contributed by atoms with Crippen LogP contribution < -0.4 is 4.74 Å². The van der Waals surface area contributed by atoms with Crippen LogP contribution in [0.1, 0.15) is 18.1 Å². The second-order valence-electron chi connectivity index (χ2n) is 3.35. The van der Waals surface area contributed by atoms with E-state index < -0.39 is 0 Å². The number of hydrogen-bond donors (Lipinski definition) is 0. The summed E-state index contributed by atoms with van der Waals surface area (Å²) in [6.07, 6.45) is 0. The van der Waals surface area contributed by atoms with E-state index in [0.717, 1.165) is 21.3 Å². The zero-order chi connectivity index (χ0) is 11.1. The lowest BCUT2D eigenvalue weighted by Crippen LogP contribution is -2.06. The van der Waals surface area contributed by atoms with Crippen molar-refractivity contribution < 1.29 is 9.47 Å². The third kappa shape index (κ3) is 3.68. The smallest absolute Gasteiger partial charge is 0.189 e. The molecule has 0 amide bonds. The van der Waals surface area contributed by atoms with Gasteiger partial charge in [0.25, 0.3) is 0 Å². The molecular weight excluding hydrogens is 204 g/mol. The predicted octanol–water partition coefficient (Wildman–Crippen LogP) is 2.62. The van der Waals surface area contributed by atoms with Crippen LogP contribution in [0.3, 0.4) is 0 Å². The lowest BCUT2D eigenvalue weighted by Gasteiger charge is -2.13. The van der Waals surface area contributed by atoms with Gasteiger partial charge in [-0.3, -0.25) is 0 Å². The summed E-state index contributed by atoms with van der Waals surface area (Å²) in [5.41, 5.74) is 2.47. The Balaban J connectivity index is 2.72. The Hall–Kier alpha value is -0.803. The second-order valence-corrected chi connectivity index (χ2v) is 4.41. The van der Waals surface area contributed by atoms with E-state index in [-0.39, 0.29) is 0 Å². The van der Waals surface area contributed by atoms with Crippen LogP contribution >= 0.6 is 0 Å². The number of ether oxygens (including phenoxy) is 2. The second kappa shape index (κ2) is 6.64. The molecule has 0 aliphatic heterocycles. The highest BCUT2D eigenvalue weighted by Gasteiger charge is 2.05.